The molecule has 32 heavy (non-hydrogen) atoms. The zero-order chi connectivity index (χ0) is 23.3. The minimum atomic E-state index is -0.211. The first kappa shape index (κ1) is 23.4. The van der Waals surface area contributed by atoms with Crippen LogP contribution in [0.4, 0.5) is 5.69 Å². The summed E-state index contributed by atoms with van der Waals surface area (Å²) < 4.78 is 5.19. The standard InChI is InChI=1S/C26H32N4O2/c1-16(2)13-23-22(15-28)24(19-7-5-18(14-27)6-8-19)25(17(3)29-23)30-26(31)20-9-11-21(32-4)12-10-20/h5-12,16H,13-15,27-28H2,1-4H3,(H,30,31). The van der Waals surface area contributed by atoms with Gasteiger partial charge in [0.05, 0.1) is 18.5 Å². The summed E-state index contributed by atoms with van der Waals surface area (Å²) in [7, 11) is 1.60. The highest BCUT2D eigenvalue weighted by molar-refractivity contribution is 6.07. The molecule has 0 aliphatic rings. The second kappa shape index (κ2) is 10.4. The van der Waals surface area contributed by atoms with Crippen molar-refractivity contribution in [2.24, 2.45) is 17.4 Å². The van der Waals surface area contributed by atoms with Gasteiger partial charge in [-0.3, -0.25) is 9.78 Å². The van der Waals surface area contributed by atoms with Crippen molar-refractivity contribution in [3.05, 3.63) is 76.6 Å². The molecule has 0 spiro atoms. The molecule has 3 aromatic rings. The number of methoxy groups -OCH3 is 1. The molecule has 0 unspecified atom stereocenters. The number of nitrogens with zero attached hydrogens (tertiary/aromatic N) is 1. The van der Waals surface area contributed by atoms with Crippen LogP contribution >= 0.6 is 0 Å². The molecule has 1 amide bonds. The van der Waals surface area contributed by atoms with Gasteiger partial charge in [0.25, 0.3) is 5.91 Å². The molecule has 1 aromatic heterocycles. The third-order valence-corrected chi connectivity index (χ3v) is 5.44. The lowest BCUT2D eigenvalue weighted by Crippen LogP contribution is -2.18. The lowest BCUT2D eigenvalue weighted by molar-refractivity contribution is 0.102. The van der Waals surface area contributed by atoms with Crippen LogP contribution in [0.5, 0.6) is 5.75 Å². The smallest absolute Gasteiger partial charge is 0.255 e. The molecule has 6 nitrogen and oxygen atoms in total. The van der Waals surface area contributed by atoms with Crippen molar-refractivity contribution >= 4 is 11.6 Å². The summed E-state index contributed by atoms with van der Waals surface area (Å²) in [6.45, 7) is 7.04. The second-order valence-corrected chi connectivity index (χ2v) is 8.26. The number of hydrogen-bond donors (Lipinski definition) is 3. The first-order valence-electron chi connectivity index (χ1n) is 10.8. The van der Waals surface area contributed by atoms with E-state index in [2.05, 4.69) is 19.2 Å². The van der Waals surface area contributed by atoms with Crippen molar-refractivity contribution in [2.75, 3.05) is 12.4 Å². The van der Waals surface area contributed by atoms with E-state index in [0.717, 1.165) is 40.1 Å². The molecule has 6 heteroatoms. The molecule has 168 valence electrons. The third kappa shape index (κ3) is 5.15. The summed E-state index contributed by atoms with van der Waals surface area (Å²) in [5.74, 6) is 0.917. The average Bonchev–Trinajstić information content (AvgIpc) is 2.80. The Labute approximate surface area is 190 Å². The molecule has 0 saturated carbocycles. The number of pyridine rings is 1. The Kier molecular flexibility index (Phi) is 7.62. The van der Waals surface area contributed by atoms with Crippen molar-refractivity contribution in [1.29, 1.82) is 0 Å². The molecule has 5 N–H and O–H groups in total. The van der Waals surface area contributed by atoms with Crippen LogP contribution in [-0.2, 0) is 19.5 Å². The largest absolute Gasteiger partial charge is 0.497 e. The highest BCUT2D eigenvalue weighted by atomic mass is 16.5. The van der Waals surface area contributed by atoms with E-state index in [1.165, 1.54) is 0 Å². The molecule has 2 aromatic carbocycles. The van der Waals surface area contributed by atoms with Gasteiger partial charge >= 0.3 is 0 Å². The van der Waals surface area contributed by atoms with E-state index in [1.54, 1.807) is 31.4 Å². The van der Waals surface area contributed by atoms with E-state index in [4.69, 9.17) is 21.2 Å². The Bertz CT molecular complexity index is 1070. The Morgan fingerprint density at radius 1 is 1.03 bits per heavy atom. The maximum Gasteiger partial charge on any atom is 0.255 e. The van der Waals surface area contributed by atoms with E-state index in [1.807, 2.05) is 31.2 Å². The fourth-order valence-corrected chi connectivity index (χ4v) is 3.78. The normalized spacial score (nSPS) is 11.0. The highest BCUT2D eigenvalue weighted by Gasteiger charge is 2.21. The fourth-order valence-electron chi connectivity index (χ4n) is 3.78. The van der Waals surface area contributed by atoms with Crippen molar-refractivity contribution in [1.82, 2.24) is 4.98 Å². The molecule has 0 radical (unpaired) electrons. The minimum Gasteiger partial charge on any atom is -0.497 e. The van der Waals surface area contributed by atoms with E-state index >= 15 is 0 Å². The number of hydrogen-bond acceptors (Lipinski definition) is 5. The van der Waals surface area contributed by atoms with Crippen molar-refractivity contribution in [2.45, 2.75) is 40.3 Å². The van der Waals surface area contributed by atoms with Gasteiger partial charge in [0.1, 0.15) is 5.75 Å². The number of amides is 1. The van der Waals surface area contributed by atoms with E-state index in [-0.39, 0.29) is 5.91 Å². The van der Waals surface area contributed by atoms with Gasteiger partial charge in [-0.05, 0) is 60.2 Å². The quantitative estimate of drug-likeness (QED) is 0.488. The van der Waals surface area contributed by atoms with E-state index < -0.39 is 0 Å². The van der Waals surface area contributed by atoms with Gasteiger partial charge < -0.3 is 21.5 Å². The number of anilines is 1. The van der Waals surface area contributed by atoms with Crippen LogP contribution in [0.2, 0.25) is 0 Å². The van der Waals surface area contributed by atoms with Gasteiger partial charge in [0.2, 0.25) is 0 Å². The lowest BCUT2D eigenvalue weighted by Gasteiger charge is -2.21. The van der Waals surface area contributed by atoms with Gasteiger partial charge in [0.15, 0.2) is 0 Å². The van der Waals surface area contributed by atoms with Crippen LogP contribution < -0.4 is 21.5 Å². The van der Waals surface area contributed by atoms with Gasteiger partial charge in [-0.2, -0.15) is 0 Å². The summed E-state index contributed by atoms with van der Waals surface area (Å²) in [5, 5.41) is 3.09. The molecule has 3 rings (SSSR count). The third-order valence-electron chi connectivity index (χ3n) is 5.44. The van der Waals surface area contributed by atoms with Crippen molar-refractivity contribution in [3.8, 4) is 16.9 Å². The van der Waals surface area contributed by atoms with Gasteiger partial charge in [-0.25, -0.2) is 0 Å². The van der Waals surface area contributed by atoms with Gasteiger partial charge in [-0.15, -0.1) is 0 Å². The van der Waals surface area contributed by atoms with E-state index in [9.17, 15) is 4.79 Å². The number of aromatic nitrogens is 1. The Morgan fingerprint density at radius 3 is 2.22 bits per heavy atom. The van der Waals surface area contributed by atoms with Crippen LogP contribution in [0.15, 0.2) is 48.5 Å². The number of nitrogens with one attached hydrogen (secondary N) is 1. The van der Waals surface area contributed by atoms with Crippen molar-refractivity contribution in [3.63, 3.8) is 0 Å². The predicted octanol–water partition coefficient (Wildman–Crippen LogP) is 4.43. The molecule has 0 bridgehead atoms. The molecule has 0 fully saturated rings. The number of ether oxygens (including phenoxy) is 1. The summed E-state index contributed by atoms with van der Waals surface area (Å²) in [5.41, 5.74) is 18.8. The van der Waals surface area contributed by atoms with Gasteiger partial charge in [-0.1, -0.05) is 38.1 Å². The zero-order valence-corrected chi connectivity index (χ0v) is 19.2. The molecular formula is C26H32N4O2. The molecule has 1 heterocycles. The van der Waals surface area contributed by atoms with Crippen LogP contribution in [-0.4, -0.2) is 18.0 Å². The Morgan fingerprint density at radius 2 is 1.69 bits per heavy atom. The van der Waals surface area contributed by atoms with Crippen LogP contribution in [0.25, 0.3) is 11.1 Å². The minimum absolute atomic E-state index is 0.211. The van der Waals surface area contributed by atoms with Gasteiger partial charge in [0, 0.05) is 29.9 Å². The number of carbonyl (C=O) groups excluding carboxylic acids is 1. The second-order valence-electron chi connectivity index (χ2n) is 8.26. The Hall–Kier alpha value is -3.22. The summed E-state index contributed by atoms with van der Waals surface area (Å²) in [6, 6.07) is 15.1. The first-order valence-corrected chi connectivity index (χ1v) is 10.8. The summed E-state index contributed by atoms with van der Waals surface area (Å²) >= 11 is 0. The molecule has 0 saturated heterocycles. The summed E-state index contributed by atoms with van der Waals surface area (Å²) in [4.78, 5) is 17.9. The van der Waals surface area contributed by atoms with Crippen molar-refractivity contribution < 1.29 is 9.53 Å². The fraction of sp³-hybridized carbons (Fsp3) is 0.308. The summed E-state index contributed by atoms with van der Waals surface area (Å²) in [6.07, 6.45) is 0.813. The first-order chi connectivity index (χ1) is 15.4. The van der Waals surface area contributed by atoms with Crippen LogP contribution in [0.3, 0.4) is 0 Å². The van der Waals surface area contributed by atoms with Crippen LogP contribution in [0.1, 0.15) is 46.7 Å². The molecule has 0 aliphatic carbocycles. The lowest BCUT2D eigenvalue weighted by atomic mass is 9.92. The number of carbonyl (C=O) groups is 1. The number of nitrogens with two attached hydrogens (primary N) is 2. The highest BCUT2D eigenvalue weighted by Crippen LogP contribution is 2.36. The predicted molar refractivity (Wildman–Crippen MR) is 130 cm³/mol. The maximum absolute atomic E-state index is 13.1. The monoisotopic (exact) mass is 432 g/mol. The molecule has 0 aliphatic heterocycles. The maximum atomic E-state index is 13.1. The molecular weight excluding hydrogens is 400 g/mol. The topological polar surface area (TPSA) is 103 Å². The SMILES string of the molecule is COc1ccc(C(=O)Nc2c(C)nc(CC(C)C)c(CN)c2-c2ccc(CN)cc2)cc1. The zero-order valence-electron chi connectivity index (χ0n) is 19.2. The average molecular weight is 433 g/mol. The molecule has 0 atom stereocenters. The van der Waals surface area contributed by atoms with Crippen LogP contribution in [0, 0.1) is 12.8 Å². The number of aryl methyl sites for hydroxylation is 1. The number of benzene rings is 2. The Balaban J connectivity index is 2.13. The van der Waals surface area contributed by atoms with E-state index in [0.29, 0.717) is 36.0 Å². The number of rotatable bonds is 8.